The van der Waals surface area contributed by atoms with Gasteiger partial charge in [-0.15, -0.1) is 0 Å². The Morgan fingerprint density at radius 3 is 2.69 bits per heavy atom. The summed E-state index contributed by atoms with van der Waals surface area (Å²) >= 11 is 0. The van der Waals surface area contributed by atoms with Gasteiger partial charge in [0.15, 0.2) is 0 Å². The highest BCUT2D eigenvalue weighted by molar-refractivity contribution is 5.67. The minimum Gasteiger partial charge on any atom is -0.508 e. The molecule has 3 nitrogen and oxygen atoms in total. The monoisotopic (exact) mass is 222 g/mol. The van der Waals surface area contributed by atoms with Crippen molar-refractivity contribution in [2.75, 3.05) is 0 Å². The van der Waals surface area contributed by atoms with Gasteiger partial charge >= 0.3 is 5.97 Å². The van der Waals surface area contributed by atoms with Gasteiger partial charge in [0.05, 0.1) is 0 Å². The zero-order valence-electron chi connectivity index (χ0n) is 9.57. The zero-order valence-corrected chi connectivity index (χ0v) is 9.57. The highest BCUT2D eigenvalue weighted by Crippen LogP contribution is 2.21. The number of hydrogen-bond acceptors (Lipinski definition) is 2. The summed E-state index contributed by atoms with van der Waals surface area (Å²) in [5, 5.41) is 18.2. The van der Waals surface area contributed by atoms with E-state index < -0.39 is 5.97 Å². The molecule has 0 atom stereocenters. The second kappa shape index (κ2) is 6.16. The molecule has 0 aliphatic rings. The van der Waals surface area contributed by atoms with Crippen LogP contribution < -0.4 is 0 Å². The third-order valence-electron chi connectivity index (χ3n) is 2.57. The first-order valence-corrected chi connectivity index (χ1v) is 5.66. The zero-order chi connectivity index (χ0) is 12.0. The molecule has 0 unspecified atom stereocenters. The smallest absolute Gasteiger partial charge is 0.303 e. The Labute approximate surface area is 95.7 Å². The van der Waals surface area contributed by atoms with Crippen molar-refractivity contribution in [1.82, 2.24) is 0 Å². The standard InChI is InChI=1S/C13H18O3/c1-2-3-4-11-9-10(5-7-12(11)14)6-8-13(15)16/h5,7,9,14H,2-4,6,8H2,1H3,(H,15,16). The van der Waals surface area contributed by atoms with Gasteiger partial charge in [0, 0.05) is 6.42 Å². The topological polar surface area (TPSA) is 57.5 Å². The molecule has 0 spiro atoms. The Morgan fingerprint density at radius 2 is 2.06 bits per heavy atom. The third-order valence-corrected chi connectivity index (χ3v) is 2.57. The van der Waals surface area contributed by atoms with Crippen LogP contribution in [0.5, 0.6) is 5.75 Å². The molecule has 0 amide bonds. The summed E-state index contributed by atoms with van der Waals surface area (Å²) in [7, 11) is 0. The number of carbonyl (C=O) groups is 1. The molecule has 0 aliphatic heterocycles. The van der Waals surface area contributed by atoms with Gasteiger partial charge in [-0.25, -0.2) is 0 Å². The Bertz CT molecular complexity index is 358. The van der Waals surface area contributed by atoms with Crippen LogP contribution in [0.3, 0.4) is 0 Å². The number of carboxylic acids is 1. The van der Waals surface area contributed by atoms with E-state index in [0.29, 0.717) is 12.2 Å². The number of aryl methyl sites for hydroxylation is 2. The molecule has 0 radical (unpaired) electrons. The van der Waals surface area contributed by atoms with Crippen molar-refractivity contribution in [2.45, 2.75) is 39.0 Å². The lowest BCUT2D eigenvalue weighted by Gasteiger charge is -2.06. The molecule has 1 rings (SSSR count). The fourth-order valence-electron chi connectivity index (χ4n) is 1.61. The summed E-state index contributed by atoms with van der Waals surface area (Å²) < 4.78 is 0. The number of benzene rings is 1. The van der Waals surface area contributed by atoms with E-state index in [9.17, 15) is 9.90 Å². The van der Waals surface area contributed by atoms with Crippen LogP contribution in [0.15, 0.2) is 18.2 Å². The molecule has 1 aromatic rings. The first-order chi connectivity index (χ1) is 7.63. The molecule has 0 bridgehead atoms. The second-order valence-corrected chi connectivity index (χ2v) is 3.96. The van der Waals surface area contributed by atoms with Crippen molar-refractivity contribution in [3.8, 4) is 5.75 Å². The van der Waals surface area contributed by atoms with Crippen molar-refractivity contribution < 1.29 is 15.0 Å². The lowest BCUT2D eigenvalue weighted by Crippen LogP contribution is -1.98. The molecule has 0 aliphatic carbocycles. The van der Waals surface area contributed by atoms with E-state index in [4.69, 9.17) is 5.11 Å². The van der Waals surface area contributed by atoms with Crippen LogP contribution in [0, 0.1) is 0 Å². The lowest BCUT2D eigenvalue weighted by molar-refractivity contribution is -0.136. The van der Waals surface area contributed by atoms with Crippen LogP contribution >= 0.6 is 0 Å². The Morgan fingerprint density at radius 1 is 1.31 bits per heavy atom. The van der Waals surface area contributed by atoms with Crippen molar-refractivity contribution in [3.63, 3.8) is 0 Å². The average molecular weight is 222 g/mol. The molecule has 2 N–H and O–H groups in total. The van der Waals surface area contributed by atoms with Crippen molar-refractivity contribution in [1.29, 1.82) is 0 Å². The van der Waals surface area contributed by atoms with Crippen LogP contribution in [0.4, 0.5) is 0 Å². The maximum absolute atomic E-state index is 10.4. The largest absolute Gasteiger partial charge is 0.508 e. The Hall–Kier alpha value is -1.51. The normalized spacial score (nSPS) is 10.3. The van der Waals surface area contributed by atoms with Gasteiger partial charge < -0.3 is 10.2 Å². The number of unbranched alkanes of at least 4 members (excludes halogenated alkanes) is 1. The number of hydrogen-bond donors (Lipinski definition) is 2. The molecular formula is C13H18O3. The van der Waals surface area contributed by atoms with E-state index in [2.05, 4.69) is 6.92 Å². The van der Waals surface area contributed by atoms with Gasteiger partial charge in [-0.1, -0.05) is 25.5 Å². The maximum atomic E-state index is 10.4. The highest BCUT2D eigenvalue weighted by Gasteiger charge is 2.04. The molecule has 16 heavy (non-hydrogen) atoms. The predicted molar refractivity (Wildman–Crippen MR) is 62.7 cm³/mol. The SMILES string of the molecule is CCCCc1cc(CCC(=O)O)ccc1O. The van der Waals surface area contributed by atoms with Crippen molar-refractivity contribution in [2.24, 2.45) is 0 Å². The first kappa shape index (κ1) is 12.6. The molecule has 0 heterocycles. The first-order valence-electron chi connectivity index (χ1n) is 5.66. The van der Waals surface area contributed by atoms with E-state index in [1.54, 1.807) is 12.1 Å². The molecule has 0 aromatic heterocycles. The van der Waals surface area contributed by atoms with Gasteiger partial charge in [0.1, 0.15) is 5.75 Å². The van der Waals surface area contributed by atoms with Crippen LogP contribution in [0.25, 0.3) is 0 Å². The summed E-state index contributed by atoms with van der Waals surface area (Å²) in [6.07, 6.45) is 3.63. The van der Waals surface area contributed by atoms with E-state index in [1.165, 1.54) is 0 Å². The van der Waals surface area contributed by atoms with E-state index in [-0.39, 0.29) is 6.42 Å². The summed E-state index contributed by atoms with van der Waals surface area (Å²) in [5.41, 5.74) is 1.90. The lowest BCUT2D eigenvalue weighted by atomic mass is 10.0. The number of aromatic hydroxyl groups is 1. The number of phenols is 1. The summed E-state index contributed by atoms with van der Waals surface area (Å²) in [5.74, 6) is -0.476. The molecule has 3 heteroatoms. The van der Waals surface area contributed by atoms with Crippen LogP contribution in [-0.2, 0) is 17.6 Å². The van der Waals surface area contributed by atoms with Gasteiger partial charge in [-0.3, -0.25) is 4.79 Å². The van der Waals surface area contributed by atoms with E-state index in [0.717, 1.165) is 30.4 Å². The number of rotatable bonds is 6. The average Bonchev–Trinajstić information content (AvgIpc) is 2.26. The maximum Gasteiger partial charge on any atom is 0.303 e. The Kier molecular flexibility index (Phi) is 4.83. The van der Waals surface area contributed by atoms with Crippen LogP contribution in [0.1, 0.15) is 37.3 Å². The fourth-order valence-corrected chi connectivity index (χ4v) is 1.61. The molecule has 0 fully saturated rings. The molecule has 88 valence electrons. The minimum atomic E-state index is -0.789. The number of aliphatic carboxylic acids is 1. The van der Waals surface area contributed by atoms with Crippen LogP contribution in [0.2, 0.25) is 0 Å². The van der Waals surface area contributed by atoms with E-state index >= 15 is 0 Å². The van der Waals surface area contributed by atoms with Crippen LogP contribution in [-0.4, -0.2) is 16.2 Å². The van der Waals surface area contributed by atoms with Crippen molar-refractivity contribution >= 4 is 5.97 Å². The quantitative estimate of drug-likeness (QED) is 0.778. The van der Waals surface area contributed by atoms with Gasteiger partial charge in [0.25, 0.3) is 0 Å². The molecular weight excluding hydrogens is 204 g/mol. The second-order valence-electron chi connectivity index (χ2n) is 3.96. The number of phenolic OH excluding ortho intramolecular Hbond substituents is 1. The van der Waals surface area contributed by atoms with Gasteiger partial charge in [0.2, 0.25) is 0 Å². The van der Waals surface area contributed by atoms with Crippen molar-refractivity contribution in [3.05, 3.63) is 29.3 Å². The molecule has 0 saturated carbocycles. The van der Waals surface area contributed by atoms with E-state index in [1.807, 2.05) is 6.07 Å². The fraction of sp³-hybridized carbons (Fsp3) is 0.462. The van der Waals surface area contributed by atoms with Gasteiger partial charge in [-0.2, -0.15) is 0 Å². The number of carboxylic acid groups (broad SMARTS) is 1. The third kappa shape index (κ3) is 3.93. The van der Waals surface area contributed by atoms with Gasteiger partial charge in [-0.05, 0) is 36.5 Å². The summed E-state index contributed by atoms with van der Waals surface area (Å²) in [6, 6.07) is 5.35. The molecule has 0 saturated heterocycles. The summed E-state index contributed by atoms with van der Waals surface area (Å²) in [4.78, 5) is 10.4. The molecule has 1 aromatic carbocycles. The highest BCUT2D eigenvalue weighted by atomic mass is 16.4. The Balaban J connectivity index is 2.68. The minimum absolute atomic E-state index is 0.137. The summed E-state index contributed by atoms with van der Waals surface area (Å²) in [6.45, 7) is 2.10. The predicted octanol–water partition coefficient (Wildman–Crippen LogP) is 2.75.